The summed E-state index contributed by atoms with van der Waals surface area (Å²) in [5.74, 6) is 0. The Morgan fingerprint density at radius 2 is 1.25 bits per heavy atom. The molecule has 2 heterocycles. The van der Waals surface area contributed by atoms with Crippen LogP contribution in [0.2, 0.25) is 5.15 Å². The Bertz CT molecular complexity index is 1120. The minimum atomic E-state index is 0.0935. The molecule has 2 aromatic carbocycles. The van der Waals surface area contributed by atoms with Crippen molar-refractivity contribution in [2.45, 2.75) is 52.4 Å². The van der Waals surface area contributed by atoms with Gasteiger partial charge in [0.15, 0.2) is 5.15 Å². The first kappa shape index (κ1) is 19.0. The highest BCUT2D eigenvalue weighted by Crippen LogP contribution is 2.38. The highest BCUT2D eigenvalue weighted by Gasteiger charge is 2.21. The predicted molar refractivity (Wildman–Crippen MR) is 121 cm³/mol. The highest BCUT2D eigenvalue weighted by molar-refractivity contribution is 6.31. The van der Waals surface area contributed by atoms with E-state index in [0.717, 1.165) is 16.7 Å². The first-order chi connectivity index (χ1) is 13.1. The maximum atomic E-state index is 6.49. The molecule has 0 saturated carbocycles. The lowest BCUT2D eigenvalue weighted by atomic mass is 9.85. The summed E-state index contributed by atoms with van der Waals surface area (Å²) in [6, 6.07) is 17.5. The van der Waals surface area contributed by atoms with Crippen molar-refractivity contribution in [3.05, 3.63) is 71.0 Å². The molecule has 2 nitrogen and oxygen atoms in total. The number of hydrogen-bond donors (Lipinski definition) is 0. The largest absolute Gasteiger partial charge is 0.306 e. The number of rotatable bonds is 1. The third-order valence-corrected chi connectivity index (χ3v) is 5.77. The van der Waals surface area contributed by atoms with Crippen molar-refractivity contribution in [3.8, 4) is 5.69 Å². The van der Waals surface area contributed by atoms with Crippen molar-refractivity contribution in [1.82, 2.24) is 9.55 Å². The van der Waals surface area contributed by atoms with Crippen LogP contribution in [0.4, 0.5) is 0 Å². The van der Waals surface area contributed by atoms with Crippen LogP contribution in [0.25, 0.3) is 27.5 Å². The molecule has 0 unspecified atom stereocenters. The van der Waals surface area contributed by atoms with E-state index in [0.29, 0.717) is 5.15 Å². The smallest absolute Gasteiger partial charge is 0.152 e. The van der Waals surface area contributed by atoms with Crippen LogP contribution < -0.4 is 0 Å². The van der Waals surface area contributed by atoms with Crippen molar-refractivity contribution >= 4 is 33.4 Å². The standard InChI is InChI=1S/C25H27ClN2/c1-24(2,3)16-9-11-20-18(14-16)19-15-17(25(4,5)6)10-12-21(19)28(20)22-8-7-13-27-23(22)26/h7-15H,1-6H3. The van der Waals surface area contributed by atoms with Crippen LogP contribution in [-0.4, -0.2) is 9.55 Å². The van der Waals surface area contributed by atoms with E-state index in [1.807, 2.05) is 12.1 Å². The Hall–Kier alpha value is -2.32. The highest BCUT2D eigenvalue weighted by atomic mass is 35.5. The molecule has 4 rings (SSSR count). The summed E-state index contributed by atoms with van der Waals surface area (Å²) in [5.41, 5.74) is 6.07. The van der Waals surface area contributed by atoms with E-state index in [9.17, 15) is 0 Å². The van der Waals surface area contributed by atoms with Gasteiger partial charge >= 0.3 is 0 Å². The molecule has 28 heavy (non-hydrogen) atoms. The average Bonchev–Trinajstić information content (AvgIpc) is 2.94. The Morgan fingerprint density at radius 3 is 1.68 bits per heavy atom. The van der Waals surface area contributed by atoms with Gasteiger partial charge in [0, 0.05) is 17.0 Å². The maximum Gasteiger partial charge on any atom is 0.152 e. The lowest BCUT2D eigenvalue weighted by Gasteiger charge is -2.19. The number of benzene rings is 2. The molecule has 0 fully saturated rings. The van der Waals surface area contributed by atoms with Crippen molar-refractivity contribution < 1.29 is 0 Å². The molecule has 0 bridgehead atoms. The normalized spacial score (nSPS) is 12.8. The summed E-state index contributed by atoms with van der Waals surface area (Å²) in [6.45, 7) is 13.5. The predicted octanol–water partition coefficient (Wildman–Crippen LogP) is 7.43. The zero-order valence-corrected chi connectivity index (χ0v) is 18.2. The Balaban J connectivity index is 2.15. The van der Waals surface area contributed by atoms with E-state index in [-0.39, 0.29) is 10.8 Å². The van der Waals surface area contributed by atoms with E-state index in [2.05, 4.69) is 87.5 Å². The van der Waals surface area contributed by atoms with Crippen LogP contribution in [0.15, 0.2) is 54.7 Å². The molecule has 144 valence electrons. The fraction of sp³-hybridized carbons (Fsp3) is 0.320. The summed E-state index contributed by atoms with van der Waals surface area (Å²) in [7, 11) is 0. The van der Waals surface area contributed by atoms with E-state index in [1.165, 1.54) is 21.9 Å². The van der Waals surface area contributed by atoms with Gasteiger partial charge in [0.25, 0.3) is 0 Å². The summed E-state index contributed by atoms with van der Waals surface area (Å²) >= 11 is 6.49. The molecule has 0 spiro atoms. The van der Waals surface area contributed by atoms with Crippen LogP contribution >= 0.6 is 11.6 Å². The maximum absolute atomic E-state index is 6.49. The van der Waals surface area contributed by atoms with Crippen LogP contribution in [0, 0.1) is 0 Å². The fourth-order valence-electron chi connectivity index (χ4n) is 3.76. The quantitative estimate of drug-likeness (QED) is 0.309. The summed E-state index contributed by atoms with van der Waals surface area (Å²) in [5, 5.41) is 3.03. The molecule has 0 atom stereocenters. The number of aromatic nitrogens is 2. The van der Waals surface area contributed by atoms with Gasteiger partial charge in [-0.15, -0.1) is 0 Å². The molecule has 0 amide bonds. The molecule has 0 aliphatic rings. The lowest BCUT2D eigenvalue weighted by Crippen LogP contribution is -2.10. The zero-order valence-electron chi connectivity index (χ0n) is 17.5. The summed E-state index contributed by atoms with van der Waals surface area (Å²) in [6.07, 6.45) is 1.73. The molecular formula is C25H27ClN2. The lowest BCUT2D eigenvalue weighted by molar-refractivity contribution is 0.590. The molecule has 0 saturated heterocycles. The van der Waals surface area contributed by atoms with E-state index in [1.54, 1.807) is 6.20 Å². The molecule has 0 radical (unpaired) electrons. The molecule has 3 heteroatoms. The minimum absolute atomic E-state index is 0.0935. The van der Waals surface area contributed by atoms with Gasteiger partial charge in [0.05, 0.1) is 16.7 Å². The molecule has 0 aliphatic heterocycles. The Labute approximate surface area is 172 Å². The van der Waals surface area contributed by atoms with Gasteiger partial charge in [-0.05, 0) is 58.4 Å². The van der Waals surface area contributed by atoms with Crippen LogP contribution in [0.3, 0.4) is 0 Å². The summed E-state index contributed by atoms with van der Waals surface area (Å²) in [4.78, 5) is 4.31. The summed E-state index contributed by atoms with van der Waals surface area (Å²) < 4.78 is 2.24. The first-order valence-electron chi connectivity index (χ1n) is 9.77. The molecular weight excluding hydrogens is 364 g/mol. The number of fused-ring (bicyclic) bond motifs is 3. The van der Waals surface area contributed by atoms with E-state index in [4.69, 9.17) is 11.6 Å². The molecule has 4 aromatic rings. The molecule has 2 aromatic heterocycles. The fourth-order valence-corrected chi connectivity index (χ4v) is 3.96. The second-order valence-corrected chi connectivity index (χ2v) is 9.97. The van der Waals surface area contributed by atoms with E-state index >= 15 is 0 Å². The Morgan fingerprint density at radius 1 is 0.750 bits per heavy atom. The molecule has 0 aliphatic carbocycles. The van der Waals surface area contributed by atoms with Gasteiger partial charge in [0.1, 0.15) is 0 Å². The number of halogens is 1. The van der Waals surface area contributed by atoms with Crippen LogP contribution in [0.1, 0.15) is 52.7 Å². The van der Waals surface area contributed by atoms with Gasteiger partial charge in [-0.1, -0.05) is 65.3 Å². The topological polar surface area (TPSA) is 17.8 Å². The van der Waals surface area contributed by atoms with Crippen LogP contribution in [0.5, 0.6) is 0 Å². The second kappa shape index (κ2) is 6.35. The number of hydrogen-bond acceptors (Lipinski definition) is 1. The third kappa shape index (κ3) is 3.10. The van der Waals surface area contributed by atoms with E-state index < -0.39 is 0 Å². The number of nitrogens with zero attached hydrogens (tertiary/aromatic N) is 2. The third-order valence-electron chi connectivity index (χ3n) is 5.48. The average molecular weight is 391 g/mol. The van der Waals surface area contributed by atoms with Crippen LogP contribution in [-0.2, 0) is 10.8 Å². The van der Waals surface area contributed by atoms with Crippen molar-refractivity contribution in [3.63, 3.8) is 0 Å². The van der Waals surface area contributed by atoms with Gasteiger partial charge in [0.2, 0.25) is 0 Å². The van der Waals surface area contributed by atoms with Gasteiger partial charge in [-0.3, -0.25) is 0 Å². The Kier molecular flexibility index (Phi) is 4.31. The van der Waals surface area contributed by atoms with Gasteiger partial charge in [-0.25, -0.2) is 4.98 Å². The van der Waals surface area contributed by atoms with Gasteiger partial charge < -0.3 is 4.57 Å². The number of pyridine rings is 1. The van der Waals surface area contributed by atoms with Crippen molar-refractivity contribution in [1.29, 1.82) is 0 Å². The van der Waals surface area contributed by atoms with Crippen molar-refractivity contribution in [2.75, 3.05) is 0 Å². The second-order valence-electron chi connectivity index (χ2n) is 9.61. The van der Waals surface area contributed by atoms with Crippen molar-refractivity contribution in [2.24, 2.45) is 0 Å². The SMILES string of the molecule is CC(C)(C)c1ccc2c(c1)c1cc(C(C)(C)C)ccc1n2-c1cccnc1Cl. The van der Waals surface area contributed by atoms with Gasteiger partial charge in [-0.2, -0.15) is 0 Å². The zero-order chi connectivity index (χ0) is 20.3. The monoisotopic (exact) mass is 390 g/mol. The first-order valence-corrected chi connectivity index (χ1v) is 10.2. The minimum Gasteiger partial charge on any atom is -0.306 e. The molecule has 0 N–H and O–H groups in total.